The molecule has 1 aliphatic carbocycles. The minimum absolute atomic E-state index is 0.260. The van der Waals surface area contributed by atoms with Crippen molar-refractivity contribution in [2.24, 2.45) is 0 Å². The molecule has 144 valence electrons. The van der Waals surface area contributed by atoms with Gasteiger partial charge in [0.25, 0.3) is 0 Å². The normalized spacial score (nSPS) is 15.6. The summed E-state index contributed by atoms with van der Waals surface area (Å²) in [5.74, 6) is 0.260. The van der Waals surface area contributed by atoms with Gasteiger partial charge in [0.1, 0.15) is 6.33 Å². The summed E-state index contributed by atoms with van der Waals surface area (Å²) in [6, 6.07) is 25.1. The molecule has 3 nitrogen and oxygen atoms in total. The summed E-state index contributed by atoms with van der Waals surface area (Å²) in [4.78, 5) is 13.3. The Morgan fingerprint density at radius 1 is 0.733 bits per heavy atom. The van der Waals surface area contributed by atoms with E-state index in [-0.39, 0.29) is 5.92 Å². The highest BCUT2D eigenvalue weighted by Crippen LogP contribution is 2.31. The summed E-state index contributed by atoms with van der Waals surface area (Å²) >= 11 is 0. The smallest absolute Gasteiger partial charge is 0.116 e. The summed E-state index contributed by atoms with van der Waals surface area (Å²) in [5, 5.41) is 0. The fourth-order valence-corrected chi connectivity index (χ4v) is 3.78. The topological polar surface area (TPSA) is 38.7 Å². The van der Waals surface area contributed by atoms with Gasteiger partial charge in [-0.2, -0.15) is 0 Å². The number of benzene rings is 2. The molecule has 3 heteroatoms. The van der Waals surface area contributed by atoms with E-state index in [0.29, 0.717) is 0 Å². The van der Waals surface area contributed by atoms with Crippen molar-refractivity contribution >= 4 is 5.57 Å². The SMILES string of the molecule is C1=CC(c2cc(-c3ccc(-c4ccccc4)cc3)ncn2)CC=C1c1cccnc1. The van der Waals surface area contributed by atoms with Crippen LogP contribution < -0.4 is 0 Å². The van der Waals surface area contributed by atoms with Crippen LogP contribution in [-0.2, 0) is 0 Å². The van der Waals surface area contributed by atoms with E-state index in [9.17, 15) is 0 Å². The van der Waals surface area contributed by atoms with E-state index in [1.54, 1.807) is 12.5 Å². The molecular formula is C27H21N3. The molecule has 2 aromatic heterocycles. The van der Waals surface area contributed by atoms with Crippen LogP contribution in [0, 0.1) is 0 Å². The van der Waals surface area contributed by atoms with Gasteiger partial charge in [-0.05, 0) is 40.8 Å². The second-order valence-electron chi connectivity index (χ2n) is 7.37. The number of hydrogen-bond acceptors (Lipinski definition) is 3. The third kappa shape index (κ3) is 3.83. The average molecular weight is 387 g/mol. The highest BCUT2D eigenvalue weighted by molar-refractivity contribution is 5.75. The predicted octanol–water partition coefficient (Wildman–Crippen LogP) is 6.33. The van der Waals surface area contributed by atoms with Crippen molar-refractivity contribution in [3.05, 3.63) is 121 Å². The van der Waals surface area contributed by atoms with Crippen LogP contribution in [-0.4, -0.2) is 15.0 Å². The largest absolute Gasteiger partial charge is 0.264 e. The Labute approximate surface area is 176 Å². The summed E-state index contributed by atoms with van der Waals surface area (Å²) in [5.41, 5.74) is 7.89. The molecule has 0 amide bonds. The highest BCUT2D eigenvalue weighted by Gasteiger charge is 2.15. The Morgan fingerprint density at radius 2 is 1.50 bits per heavy atom. The lowest BCUT2D eigenvalue weighted by Crippen LogP contribution is -2.02. The van der Waals surface area contributed by atoms with Gasteiger partial charge in [0.05, 0.1) is 11.4 Å². The van der Waals surface area contributed by atoms with Gasteiger partial charge in [0.2, 0.25) is 0 Å². The monoisotopic (exact) mass is 387 g/mol. The van der Waals surface area contributed by atoms with Crippen molar-refractivity contribution in [3.63, 3.8) is 0 Å². The average Bonchev–Trinajstić information content (AvgIpc) is 2.85. The summed E-state index contributed by atoms with van der Waals surface area (Å²) in [7, 11) is 0. The maximum Gasteiger partial charge on any atom is 0.116 e. The zero-order valence-corrected chi connectivity index (χ0v) is 16.5. The fourth-order valence-electron chi connectivity index (χ4n) is 3.78. The first-order valence-electron chi connectivity index (χ1n) is 10.1. The number of rotatable bonds is 4. The van der Waals surface area contributed by atoms with Crippen LogP contribution in [0.4, 0.5) is 0 Å². The van der Waals surface area contributed by atoms with Crippen LogP contribution in [0.2, 0.25) is 0 Å². The van der Waals surface area contributed by atoms with Crippen LogP contribution in [0.15, 0.2) is 110 Å². The molecule has 0 spiro atoms. The van der Waals surface area contributed by atoms with Crippen molar-refractivity contribution in [2.75, 3.05) is 0 Å². The molecule has 0 bridgehead atoms. The zero-order valence-electron chi connectivity index (χ0n) is 16.5. The van der Waals surface area contributed by atoms with Gasteiger partial charge in [-0.3, -0.25) is 4.98 Å². The van der Waals surface area contributed by atoms with Gasteiger partial charge in [-0.15, -0.1) is 0 Å². The Balaban J connectivity index is 1.35. The zero-order chi connectivity index (χ0) is 20.2. The molecule has 0 fully saturated rings. The minimum atomic E-state index is 0.260. The van der Waals surface area contributed by atoms with E-state index in [4.69, 9.17) is 0 Å². The Hall–Kier alpha value is -3.85. The van der Waals surface area contributed by atoms with Gasteiger partial charge in [0, 0.05) is 23.9 Å². The highest BCUT2D eigenvalue weighted by atomic mass is 14.8. The van der Waals surface area contributed by atoms with Gasteiger partial charge >= 0.3 is 0 Å². The second kappa shape index (κ2) is 8.26. The quantitative estimate of drug-likeness (QED) is 0.410. The number of allylic oxidation sites excluding steroid dienone is 4. The standard InChI is InChI=1S/C27H21N3/c1-2-5-20(6-3-1)21-8-12-23(13-9-21)26-17-27(30-19-29-26)24-14-10-22(11-15-24)25-7-4-16-28-18-25/h1-14,16-19,24H,15H2. The van der Waals surface area contributed by atoms with Crippen molar-refractivity contribution in [1.29, 1.82) is 0 Å². The number of aromatic nitrogens is 3. The molecule has 0 saturated carbocycles. The van der Waals surface area contributed by atoms with E-state index in [2.05, 4.69) is 93.8 Å². The van der Waals surface area contributed by atoms with E-state index in [0.717, 1.165) is 28.9 Å². The molecular weight excluding hydrogens is 366 g/mol. The van der Waals surface area contributed by atoms with Crippen LogP contribution in [0.25, 0.3) is 28.0 Å². The number of nitrogens with zero attached hydrogens (tertiary/aromatic N) is 3. The van der Waals surface area contributed by atoms with E-state index < -0.39 is 0 Å². The number of pyridine rings is 1. The van der Waals surface area contributed by atoms with Crippen molar-refractivity contribution in [3.8, 4) is 22.4 Å². The third-order valence-corrected chi connectivity index (χ3v) is 5.45. The molecule has 2 aromatic carbocycles. The molecule has 30 heavy (non-hydrogen) atoms. The Bertz CT molecular complexity index is 1190. The minimum Gasteiger partial charge on any atom is -0.264 e. The molecule has 0 saturated heterocycles. The molecule has 0 N–H and O–H groups in total. The molecule has 0 aliphatic heterocycles. The fraction of sp³-hybridized carbons (Fsp3) is 0.0741. The van der Waals surface area contributed by atoms with Gasteiger partial charge < -0.3 is 0 Å². The Morgan fingerprint density at radius 3 is 2.23 bits per heavy atom. The summed E-state index contributed by atoms with van der Waals surface area (Å²) in [6.07, 6.45) is 13.0. The van der Waals surface area contributed by atoms with Gasteiger partial charge in [0.15, 0.2) is 0 Å². The lowest BCUT2D eigenvalue weighted by Gasteiger charge is -2.16. The second-order valence-corrected chi connectivity index (χ2v) is 7.37. The maximum atomic E-state index is 4.55. The van der Waals surface area contributed by atoms with Crippen LogP contribution in [0.3, 0.4) is 0 Å². The third-order valence-electron chi connectivity index (χ3n) is 5.45. The lowest BCUT2D eigenvalue weighted by molar-refractivity contribution is 0.811. The van der Waals surface area contributed by atoms with Crippen molar-refractivity contribution in [1.82, 2.24) is 15.0 Å². The first kappa shape index (κ1) is 18.2. The first-order chi connectivity index (χ1) is 14.9. The van der Waals surface area contributed by atoms with E-state index >= 15 is 0 Å². The molecule has 5 rings (SSSR count). The van der Waals surface area contributed by atoms with Crippen molar-refractivity contribution < 1.29 is 0 Å². The molecule has 1 unspecified atom stereocenters. The number of hydrogen-bond donors (Lipinski definition) is 0. The van der Waals surface area contributed by atoms with Crippen LogP contribution in [0.5, 0.6) is 0 Å². The molecule has 1 aliphatic rings. The predicted molar refractivity (Wildman–Crippen MR) is 122 cm³/mol. The summed E-state index contributed by atoms with van der Waals surface area (Å²) < 4.78 is 0. The molecule has 4 aromatic rings. The van der Waals surface area contributed by atoms with E-state index in [1.807, 2.05) is 18.3 Å². The maximum absolute atomic E-state index is 4.55. The first-order valence-corrected chi connectivity index (χ1v) is 10.1. The molecule has 2 heterocycles. The van der Waals surface area contributed by atoms with Crippen LogP contribution >= 0.6 is 0 Å². The Kier molecular flexibility index (Phi) is 5.01. The van der Waals surface area contributed by atoms with Gasteiger partial charge in [-0.1, -0.05) is 78.9 Å². The molecule has 0 radical (unpaired) electrons. The van der Waals surface area contributed by atoms with Crippen molar-refractivity contribution in [2.45, 2.75) is 12.3 Å². The van der Waals surface area contributed by atoms with Gasteiger partial charge in [-0.25, -0.2) is 9.97 Å². The summed E-state index contributed by atoms with van der Waals surface area (Å²) in [6.45, 7) is 0. The van der Waals surface area contributed by atoms with E-state index in [1.165, 1.54) is 16.7 Å². The lowest BCUT2D eigenvalue weighted by atomic mass is 9.91. The van der Waals surface area contributed by atoms with Crippen LogP contribution in [0.1, 0.15) is 23.6 Å². The molecule has 1 atom stereocenters.